The number of nitrogens with one attached hydrogen (secondary N) is 1. The molecule has 0 unspecified atom stereocenters. The van der Waals surface area contributed by atoms with E-state index in [1.54, 1.807) is 0 Å². The van der Waals surface area contributed by atoms with Gasteiger partial charge in [-0.25, -0.2) is 12.8 Å². The Bertz CT molecular complexity index is 806. The molecule has 6 nitrogen and oxygen atoms in total. The monoisotopic (exact) mass is 338 g/mol. The minimum Gasteiger partial charge on any atom is -0.322 e. The molecule has 0 aromatic heterocycles. The van der Waals surface area contributed by atoms with E-state index in [1.807, 2.05) is 0 Å². The molecular weight excluding hydrogens is 323 g/mol. The van der Waals surface area contributed by atoms with E-state index in [0.29, 0.717) is 10.2 Å². The second-order valence-electron chi connectivity index (χ2n) is 4.59. The predicted octanol–water partition coefficient (Wildman–Crippen LogP) is 2.26. The van der Waals surface area contributed by atoms with Crippen molar-refractivity contribution in [3.8, 4) is 0 Å². The van der Waals surface area contributed by atoms with Gasteiger partial charge in [0.1, 0.15) is 5.82 Å². The normalized spacial score (nSPS) is 11.5. The summed E-state index contributed by atoms with van der Waals surface area (Å²) in [6.07, 6.45) is 0. The van der Waals surface area contributed by atoms with Crippen molar-refractivity contribution in [2.75, 3.05) is 19.5 Å². The minimum absolute atomic E-state index is 0.0754. The molecule has 0 saturated heterocycles. The second-order valence-corrected chi connectivity index (χ2v) is 6.52. The summed E-state index contributed by atoms with van der Waals surface area (Å²) in [6.45, 7) is 0. The van der Waals surface area contributed by atoms with Gasteiger partial charge in [0.15, 0.2) is 0 Å². The molecule has 0 atom stereocenters. The van der Waals surface area contributed by atoms with Gasteiger partial charge in [-0.15, -0.1) is 0 Å². The van der Waals surface area contributed by atoms with Gasteiger partial charge >= 0.3 is 0 Å². The highest BCUT2D eigenvalue weighted by atomic mass is 32.2. The van der Waals surface area contributed by atoms with E-state index in [-0.39, 0.29) is 10.5 Å². The van der Waals surface area contributed by atoms with Crippen molar-refractivity contribution in [1.29, 1.82) is 0 Å². The van der Waals surface area contributed by atoms with Gasteiger partial charge in [0.05, 0.1) is 12.0 Å². The molecule has 0 radical (unpaired) electrons. The van der Waals surface area contributed by atoms with Gasteiger partial charge in [-0.05, 0) is 42.5 Å². The van der Waals surface area contributed by atoms with Crippen LogP contribution in [0.5, 0.6) is 0 Å². The molecule has 0 aliphatic carbocycles. The lowest BCUT2D eigenvalue weighted by atomic mass is 10.2. The fraction of sp³-hybridized carbons (Fsp3) is 0.133. The van der Waals surface area contributed by atoms with Crippen LogP contribution >= 0.6 is 0 Å². The third kappa shape index (κ3) is 3.92. The summed E-state index contributed by atoms with van der Waals surface area (Å²) in [4.78, 5) is 16.8. The lowest BCUT2D eigenvalue weighted by Gasteiger charge is -2.14. The molecule has 1 amide bonds. The Kier molecular flexibility index (Phi) is 5.09. The number of sulfonamides is 1. The van der Waals surface area contributed by atoms with Crippen molar-refractivity contribution < 1.29 is 22.4 Å². The number of hydrogen-bond acceptors (Lipinski definition) is 4. The Morgan fingerprint density at radius 1 is 1.17 bits per heavy atom. The number of benzene rings is 2. The molecule has 2 aromatic rings. The first kappa shape index (κ1) is 17.1. The van der Waals surface area contributed by atoms with Crippen molar-refractivity contribution in [2.24, 2.45) is 0 Å². The fourth-order valence-electron chi connectivity index (χ4n) is 1.78. The molecule has 2 rings (SSSR count). The number of hydroxylamine groups is 1. The topological polar surface area (TPSA) is 75.7 Å². The molecule has 8 heteroatoms. The molecule has 23 heavy (non-hydrogen) atoms. The predicted molar refractivity (Wildman–Crippen MR) is 82.8 cm³/mol. The Morgan fingerprint density at radius 2 is 1.83 bits per heavy atom. The average Bonchev–Trinajstić information content (AvgIpc) is 2.56. The number of anilines is 1. The summed E-state index contributed by atoms with van der Waals surface area (Å²) in [6, 6.07) is 10.8. The van der Waals surface area contributed by atoms with E-state index in [4.69, 9.17) is 0 Å². The molecule has 0 saturated carbocycles. The summed E-state index contributed by atoms with van der Waals surface area (Å²) in [7, 11) is -1.37. The zero-order valence-electron chi connectivity index (χ0n) is 12.5. The molecule has 0 aliphatic heterocycles. The van der Waals surface area contributed by atoms with E-state index in [9.17, 15) is 17.6 Å². The van der Waals surface area contributed by atoms with E-state index in [1.165, 1.54) is 62.7 Å². The zero-order chi connectivity index (χ0) is 17.0. The third-order valence-electron chi connectivity index (χ3n) is 3.09. The molecule has 0 bridgehead atoms. The van der Waals surface area contributed by atoms with Crippen LogP contribution in [0.2, 0.25) is 0 Å². The second kappa shape index (κ2) is 6.86. The smallest absolute Gasteiger partial charge is 0.264 e. The van der Waals surface area contributed by atoms with Crippen LogP contribution < -0.4 is 5.32 Å². The van der Waals surface area contributed by atoms with Crippen molar-refractivity contribution in [3.63, 3.8) is 0 Å². The quantitative estimate of drug-likeness (QED) is 0.849. The number of hydrogen-bond donors (Lipinski definition) is 1. The van der Waals surface area contributed by atoms with Crippen LogP contribution in [0.1, 0.15) is 10.4 Å². The SMILES string of the molecule is CON(C)S(=O)(=O)c1cccc(C(=O)Nc2ccc(F)cc2)c1. The van der Waals surface area contributed by atoms with Crippen LogP contribution in [0, 0.1) is 5.82 Å². The highest BCUT2D eigenvalue weighted by molar-refractivity contribution is 7.89. The standard InChI is InChI=1S/C15H15FN2O4S/c1-18(22-2)23(20,21)14-5-3-4-11(10-14)15(19)17-13-8-6-12(16)7-9-13/h3-10H,1-2H3,(H,17,19). The largest absolute Gasteiger partial charge is 0.322 e. The zero-order valence-corrected chi connectivity index (χ0v) is 13.3. The van der Waals surface area contributed by atoms with Crippen LogP contribution in [0.15, 0.2) is 53.4 Å². The number of carbonyl (C=O) groups excluding carboxylic acids is 1. The van der Waals surface area contributed by atoms with Crippen LogP contribution in [0.25, 0.3) is 0 Å². The molecule has 0 spiro atoms. The van der Waals surface area contributed by atoms with Gasteiger partial charge in [0, 0.05) is 18.3 Å². The number of rotatable bonds is 5. The summed E-state index contributed by atoms with van der Waals surface area (Å²) in [5.41, 5.74) is 0.554. The van der Waals surface area contributed by atoms with E-state index >= 15 is 0 Å². The van der Waals surface area contributed by atoms with Crippen molar-refractivity contribution in [3.05, 3.63) is 59.9 Å². The maximum Gasteiger partial charge on any atom is 0.264 e. The first-order valence-corrected chi connectivity index (χ1v) is 7.98. The number of amides is 1. The lowest BCUT2D eigenvalue weighted by molar-refractivity contribution is -0.0258. The summed E-state index contributed by atoms with van der Waals surface area (Å²) >= 11 is 0. The third-order valence-corrected chi connectivity index (χ3v) is 4.77. The van der Waals surface area contributed by atoms with Crippen molar-refractivity contribution in [2.45, 2.75) is 4.90 Å². The van der Waals surface area contributed by atoms with Crippen LogP contribution in [0.4, 0.5) is 10.1 Å². The first-order chi connectivity index (χ1) is 10.8. The van der Waals surface area contributed by atoms with Gasteiger partial charge in [0.2, 0.25) is 0 Å². The highest BCUT2D eigenvalue weighted by Crippen LogP contribution is 2.17. The minimum atomic E-state index is -3.84. The van der Waals surface area contributed by atoms with Gasteiger partial charge in [-0.2, -0.15) is 0 Å². The van der Waals surface area contributed by atoms with Crippen molar-refractivity contribution >= 4 is 21.6 Å². The van der Waals surface area contributed by atoms with E-state index in [0.717, 1.165) is 0 Å². The molecule has 2 aromatic carbocycles. The molecule has 0 fully saturated rings. The number of carbonyl (C=O) groups is 1. The molecule has 0 heterocycles. The Labute approximate surface area is 133 Å². The average molecular weight is 338 g/mol. The Balaban J connectivity index is 2.25. The van der Waals surface area contributed by atoms with Gasteiger partial charge in [-0.1, -0.05) is 10.5 Å². The van der Waals surface area contributed by atoms with Gasteiger partial charge < -0.3 is 5.32 Å². The molecular formula is C15H15FN2O4S. The maximum absolute atomic E-state index is 12.8. The molecule has 0 aliphatic rings. The maximum atomic E-state index is 12.8. The van der Waals surface area contributed by atoms with Crippen LogP contribution in [0.3, 0.4) is 0 Å². The van der Waals surface area contributed by atoms with E-state index < -0.39 is 21.7 Å². The highest BCUT2D eigenvalue weighted by Gasteiger charge is 2.21. The lowest BCUT2D eigenvalue weighted by Crippen LogP contribution is -2.26. The van der Waals surface area contributed by atoms with Gasteiger partial charge in [0.25, 0.3) is 15.9 Å². The fourth-order valence-corrected chi connectivity index (χ4v) is 2.80. The van der Waals surface area contributed by atoms with Gasteiger partial charge in [-0.3, -0.25) is 9.63 Å². The van der Waals surface area contributed by atoms with Crippen LogP contribution in [-0.4, -0.2) is 33.0 Å². The van der Waals surface area contributed by atoms with E-state index in [2.05, 4.69) is 10.2 Å². The number of halogens is 1. The Hall–Kier alpha value is -2.29. The van der Waals surface area contributed by atoms with Crippen LogP contribution in [-0.2, 0) is 14.9 Å². The molecule has 122 valence electrons. The molecule has 1 N–H and O–H groups in total. The first-order valence-electron chi connectivity index (χ1n) is 6.54. The summed E-state index contributed by atoms with van der Waals surface area (Å²) < 4.78 is 37.9. The summed E-state index contributed by atoms with van der Waals surface area (Å²) in [5.74, 6) is -0.924. The number of nitrogens with zero attached hydrogens (tertiary/aromatic N) is 1. The Morgan fingerprint density at radius 3 is 2.43 bits per heavy atom. The van der Waals surface area contributed by atoms with Crippen molar-refractivity contribution in [1.82, 2.24) is 4.47 Å². The summed E-state index contributed by atoms with van der Waals surface area (Å²) in [5, 5.41) is 2.56.